The van der Waals surface area contributed by atoms with E-state index in [0.717, 1.165) is 16.7 Å². The number of phenolic OH excluding ortho intramolecular Hbond substituents is 1. The summed E-state index contributed by atoms with van der Waals surface area (Å²) in [7, 11) is 0. The van der Waals surface area contributed by atoms with Gasteiger partial charge in [-0.15, -0.1) is 0 Å². The van der Waals surface area contributed by atoms with E-state index < -0.39 is 0 Å². The fraction of sp³-hybridized carbons (Fsp3) is 0.429. The summed E-state index contributed by atoms with van der Waals surface area (Å²) < 4.78 is 5.03. The van der Waals surface area contributed by atoms with Crippen molar-refractivity contribution in [1.82, 2.24) is 10.1 Å². The third-order valence-electron chi connectivity index (χ3n) is 3.03. The zero-order valence-corrected chi connectivity index (χ0v) is 11.7. The first-order valence-electron chi connectivity index (χ1n) is 6.20. The summed E-state index contributed by atoms with van der Waals surface area (Å²) in [4.78, 5) is 4.23. The number of aromatic nitrogens is 2. The first kappa shape index (κ1) is 13.5. The molecule has 1 aromatic carbocycles. The molecule has 1 aromatic heterocycles. The molecule has 0 saturated heterocycles. The van der Waals surface area contributed by atoms with Crippen molar-refractivity contribution in [2.45, 2.75) is 39.7 Å². The molecule has 0 amide bonds. The van der Waals surface area contributed by atoms with Gasteiger partial charge in [-0.1, -0.05) is 25.9 Å². The highest BCUT2D eigenvalue weighted by Crippen LogP contribution is 2.35. The zero-order chi connectivity index (χ0) is 14.2. The van der Waals surface area contributed by atoms with Crippen LogP contribution in [0.15, 0.2) is 16.7 Å². The number of aromatic hydroxyl groups is 1. The summed E-state index contributed by atoms with van der Waals surface area (Å²) in [6.45, 7) is 8.25. The molecule has 0 aliphatic carbocycles. The first-order chi connectivity index (χ1) is 8.82. The van der Waals surface area contributed by atoms with Gasteiger partial charge in [0.25, 0.3) is 0 Å². The van der Waals surface area contributed by atoms with Crippen LogP contribution in [0.3, 0.4) is 0 Å². The predicted molar refractivity (Wildman–Crippen MR) is 72.7 cm³/mol. The minimum absolute atomic E-state index is 0.160. The maximum absolute atomic E-state index is 10.1. The largest absolute Gasteiger partial charge is 0.508 e. The molecule has 2 aromatic rings. The average Bonchev–Trinajstić information content (AvgIpc) is 2.75. The Hall–Kier alpha value is -1.88. The molecule has 19 heavy (non-hydrogen) atoms. The van der Waals surface area contributed by atoms with Crippen LogP contribution >= 0.6 is 0 Å². The molecule has 2 rings (SSSR count). The molecule has 0 aliphatic heterocycles. The lowest BCUT2D eigenvalue weighted by Gasteiger charge is -2.21. The lowest BCUT2D eigenvalue weighted by molar-refractivity contribution is 0.380. The molecule has 0 unspecified atom stereocenters. The van der Waals surface area contributed by atoms with Gasteiger partial charge in [-0.2, -0.15) is 4.98 Å². The van der Waals surface area contributed by atoms with Crippen LogP contribution in [0.4, 0.5) is 0 Å². The highest BCUT2D eigenvalue weighted by molar-refractivity contribution is 5.64. The third-order valence-corrected chi connectivity index (χ3v) is 3.03. The highest BCUT2D eigenvalue weighted by Gasteiger charge is 2.21. The number of nitrogens with zero attached hydrogens (tertiary/aromatic N) is 2. The number of aryl methyl sites for hydroxylation is 1. The van der Waals surface area contributed by atoms with Crippen molar-refractivity contribution in [2.24, 2.45) is 5.73 Å². The molecular formula is C14H19N3O2. The Morgan fingerprint density at radius 2 is 2.00 bits per heavy atom. The molecule has 5 heteroatoms. The number of hydrogen-bond donors (Lipinski definition) is 2. The van der Waals surface area contributed by atoms with Crippen LogP contribution < -0.4 is 5.73 Å². The lowest BCUT2D eigenvalue weighted by Crippen LogP contribution is -2.12. The summed E-state index contributed by atoms with van der Waals surface area (Å²) in [6.07, 6.45) is 0. The molecule has 0 bridgehead atoms. The van der Waals surface area contributed by atoms with Crippen LogP contribution in [0.5, 0.6) is 5.75 Å². The molecule has 0 spiro atoms. The van der Waals surface area contributed by atoms with Crippen molar-refractivity contribution in [3.63, 3.8) is 0 Å². The summed E-state index contributed by atoms with van der Waals surface area (Å²) in [5.74, 6) is 1.19. The van der Waals surface area contributed by atoms with Gasteiger partial charge >= 0.3 is 0 Å². The van der Waals surface area contributed by atoms with Crippen LogP contribution in [-0.2, 0) is 12.0 Å². The lowest BCUT2D eigenvalue weighted by atomic mass is 9.84. The standard InChI is InChI=1S/C14H19N3O2/c1-8-5-11(18)10(14(2,3)4)6-9(8)13-16-12(7-15)19-17-13/h5-6,18H,7,15H2,1-4H3. The maximum atomic E-state index is 10.1. The zero-order valence-electron chi connectivity index (χ0n) is 11.7. The van der Waals surface area contributed by atoms with Gasteiger partial charge in [0.1, 0.15) is 5.75 Å². The Labute approximate surface area is 112 Å². The number of benzene rings is 1. The number of rotatable bonds is 2. The Morgan fingerprint density at radius 3 is 2.53 bits per heavy atom. The van der Waals surface area contributed by atoms with Gasteiger partial charge in [0, 0.05) is 5.56 Å². The summed E-state index contributed by atoms with van der Waals surface area (Å²) in [5, 5.41) is 14.0. The Kier molecular flexibility index (Phi) is 3.32. The van der Waals surface area contributed by atoms with Gasteiger partial charge < -0.3 is 15.4 Å². The van der Waals surface area contributed by atoms with Crippen molar-refractivity contribution in [3.05, 3.63) is 29.2 Å². The fourth-order valence-corrected chi connectivity index (χ4v) is 1.98. The molecule has 0 radical (unpaired) electrons. The van der Waals surface area contributed by atoms with Crippen LogP contribution in [0, 0.1) is 6.92 Å². The van der Waals surface area contributed by atoms with Crippen LogP contribution in [0.25, 0.3) is 11.4 Å². The van der Waals surface area contributed by atoms with Crippen LogP contribution in [0.1, 0.15) is 37.8 Å². The van der Waals surface area contributed by atoms with Crippen LogP contribution in [-0.4, -0.2) is 15.2 Å². The second kappa shape index (κ2) is 4.66. The van der Waals surface area contributed by atoms with Gasteiger partial charge in [0.05, 0.1) is 6.54 Å². The normalized spacial score (nSPS) is 11.8. The quantitative estimate of drug-likeness (QED) is 0.867. The van der Waals surface area contributed by atoms with E-state index in [-0.39, 0.29) is 17.7 Å². The smallest absolute Gasteiger partial charge is 0.240 e. The number of hydrogen-bond acceptors (Lipinski definition) is 5. The molecule has 0 fully saturated rings. The molecule has 5 nitrogen and oxygen atoms in total. The number of phenols is 1. The topological polar surface area (TPSA) is 85.2 Å². The Morgan fingerprint density at radius 1 is 1.32 bits per heavy atom. The van der Waals surface area contributed by atoms with Gasteiger partial charge in [0.2, 0.25) is 11.7 Å². The van der Waals surface area contributed by atoms with E-state index in [2.05, 4.69) is 10.1 Å². The van der Waals surface area contributed by atoms with E-state index in [1.165, 1.54) is 0 Å². The highest BCUT2D eigenvalue weighted by atomic mass is 16.5. The minimum atomic E-state index is -0.160. The monoisotopic (exact) mass is 261 g/mol. The minimum Gasteiger partial charge on any atom is -0.508 e. The molecule has 0 saturated carbocycles. The van der Waals surface area contributed by atoms with E-state index in [1.54, 1.807) is 6.07 Å². The maximum Gasteiger partial charge on any atom is 0.240 e. The SMILES string of the molecule is Cc1cc(O)c(C(C)(C)C)cc1-c1noc(CN)n1. The number of nitrogens with two attached hydrogens (primary N) is 1. The van der Waals surface area contributed by atoms with E-state index in [4.69, 9.17) is 10.3 Å². The Bertz CT molecular complexity index is 597. The summed E-state index contributed by atoms with van der Waals surface area (Å²) >= 11 is 0. The van der Waals surface area contributed by atoms with E-state index in [9.17, 15) is 5.11 Å². The summed E-state index contributed by atoms with van der Waals surface area (Å²) in [6, 6.07) is 3.64. The fourth-order valence-electron chi connectivity index (χ4n) is 1.98. The molecule has 0 atom stereocenters. The van der Waals surface area contributed by atoms with Crippen molar-refractivity contribution in [2.75, 3.05) is 0 Å². The molecule has 1 heterocycles. The van der Waals surface area contributed by atoms with Crippen molar-refractivity contribution in [3.8, 4) is 17.1 Å². The molecule has 102 valence electrons. The van der Waals surface area contributed by atoms with Gasteiger partial charge in [0.15, 0.2) is 0 Å². The second-order valence-corrected chi connectivity index (χ2v) is 5.65. The predicted octanol–water partition coefficient (Wildman–Crippen LogP) is 2.51. The first-order valence-corrected chi connectivity index (χ1v) is 6.20. The van der Waals surface area contributed by atoms with Gasteiger partial charge in [-0.05, 0) is 35.6 Å². The second-order valence-electron chi connectivity index (χ2n) is 5.65. The third kappa shape index (κ3) is 2.61. The van der Waals surface area contributed by atoms with Gasteiger partial charge in [-0.3, -0.25) is 0 Å². The molecule has 3 N–H and O–H groups in total. The van der Waals surface area contributed by atoms with E-state index in [0.29, 0.717) is 11.7 Å². The van der Waals surface area contributed by atoms with Gasteiger partial charge in [-0.25, -0.2) is 0 Å². The van der Waals surface area contributed by atoms with Crippen LogP contribution in [0.2, 0.25) is 0 Å². The molecule has 0 aliphatic rings. The summed E-state index contributed by atoms with van der Waals surface area (Å²) in [5.41, 5.74) is 7.91. The molecular weight excluding hydrogens is 242 g/mol. The van der Waals surface area contributed by atoms with Crippen molar-refractivity contribution in [1.29, 1.82) is 0 Å². The van der Waals surface area contributed by atoms with Crippen molar-refractivity contribution >= 4 is 0 Å². The average molecular weight is 261 g/mol. The van der Waals surface area contributed by atoms with E-state index >= 15 is 0 Å². The Balaban J connectivity index is 2.57. The van der Waals surface area contributed by atoms with Crippen molar-refractivity contribution < 1.29 is 9.63 Å². The van der Waals surface area contributed by atoms with E-state index in [1.807, 2.05) is 33.8 Å².